The molecule has 5 nitrogen and oxygen atoms in total. The minimum Gasteiger partial charge on any atom is -0.478 e. The molecule has 4 aromatic rings. The highest BCUT2D eigenvalue weighted by molar-refractivity contribution is 7.17. The van der Waals surface area contributed by atoms with Crippen LogP contribution in [0.4, 0.5) is 4.39 Å². The number of nitrogens with zero attached hydrogens (tertiary/aromatic N) is 2. The maximum absolute atomic E-state index is 13.2. The van der Waals surface area contributed by atoms with E-state index in [4.69, 9.17) is 5.11 Å². The molecule has 0 bridgehead atoms. The highest BCUT2D eigenvalue weighted by Gasteiger charge is 2.14. The monoisotopic (exact) mass is 380 g/mol. The van der Waals surface area contributed by atoms with Crippen LogP contribution < -0.4 is 5.56 Å². The summed E-state index contributed by atoms with van der Waals surface area (Å²) in [6, 6.07) is 12.3. The van der Waals surface area contributed by atoms with Gasteiger partial charge in [-0.25, -0.2) is 14.2 Å². The van der Waals surface area contributed by atoms with Gasteiger partial charge in [0.1, 0.15) is 10.6 Å². The van der Waals surface area contributed by atoms with Gasteiger partial charge in [-0.1, -0.05) is 24.3 Å². The molecular formula is C20H13FN2O3S. The Morgan fingerprint density at radius 3 is 2.48 bits per heavy atom. The van der Waals surface area contributed by atoms with E-state index < -0.39 is 5.97 Å². The summed E-state index contributed by atoms with van der Waals surface area (Å²) in [7, 11) is 0. The predicted octanol–water partition coefficient (Wildman–Crippen LogP) is 4.01. The van der Waals surface area contributed by atoms with Gasteiger partial charge in [-0.05, 0) is 35.4 Å². The molecule has 0 atom stereocenters. The third kappa shape index (κ3) is 3.24. The van der Waals surface area contributed by atoms with Crippen molar-refractivity contribution in [1.29, 1.82) is 0 Å². The van der Waals surface area contributed by atoms with Gasteiger partial charge in [0, 0.05) is 10.9 Å². The SMILES string of the molecule is O=C(O)c1ccc(Cn2cnc3scc(-c4ccc(F)cc4)c3c2=O)cc1. The van der Waals surface area contributed by atoms with Crippen molar-refractivity contribution in [2.75, 3.05) is 0 Å². The fraction of sp³-hybridized carbons (Fsp3) is 0.0500. The number of hydrogen-bond donors (Lipinski definition) is 1. The van der Waals surface area contributed by atoms with Crippen molar-refractivity contribution < 1.29 is 14.3 Å². The number of carboxylic acid groups (broad SMARTS) is 1. The summed E-state index contributed by atoms with van der Waals surface area (Å²) in [5.74, 6) is -1.33. The van der Waals surface area contributed by atoms with E-state index in [1.165, 1.54) is 46.5 Å². The first-order valence-corrected chi connectivity index (χ1v) is 8.96. The van der Waals surface area contributed by atoms with E-state index in [2.05, 4.69) is 4.98 Å². The second-order valence-electron chi connectivity index (χ2n) is 6.02. The zero-order valence-corrected chi connectivity index (χ0v) is 14.7. The molecule has 27 heavy (non-hydrogen) atoms. The molecule has 0 aliphatic carbocycles. The van der Waals surface area contributed by atoms with Crippen LogP contribution in [0.15, 0.2) is 65.0 Å². The van der Waals surface area contributed by atoms with Gasteiger partial charge in [-0.3, -0.25) is 9.36 Å². The Morgan fingerprint density at radius 1 is 1.11 bits per heavy atom. The maximum atomic E-state index is 13.2. The smallest absolute Gasteiger partial charge is 0.335 e. The molecule has 0 saturated heterocycles. The molecule has 4 rings (SSSR count). The summed E-state index contributed by atoms with van der Waals surface area (Å²) < 4.78 is 14.7. The summed E-state index contributed by atoms with van der Waals surface area (Å²) in [5, 5.41) is 11.3. The lowest BCUT2D eigenvalue weighted by Gasteiger charge is -2.07. The van der Waals surface area contributed by atoms with E-state index in [-0.39, 0.29) is 23.5 Å². The lowest BCUT2D eigenvalue weighted by molar-refractivity contribution is 0.0697. The zero-order valence-electron chi connectivity index (χ0n) is 13.9. The van der Waals surface area contributed by atoms with Crippen LogP contribution in [0, 0.1) is 5.82 Å². The second kappa shape index (κ2) is 6.77. The summed E-state index contributed by atoms with van der Waals surface area (Å²) in [6.07, 6.45) is 1.49. The quantitative estimate of drug-likeness (QED) is 0.581. The number of thiophene rings is 1. The molecule has 7 heteroatoms. The van der Waals surface area contributed by atoms with Gasteiger partial charge in [0.2, 0.25) is 0 Å². The van der Waals surface area contributed by atoms with Gasteiger partial charge in [0.05, 0.1) is 23.8 Å². The number of benzene rings is 2. The van der Waals surface area contributed by atoms with Crippen LogP contribution in [-0.4, -0.2) is 20.6 Å². The first-order chi connectivity index (χ1) is 13.0. The van der Waals surface area contributed by atoms with Crippen LogP contribution in [0.25, 0.3) is 21.3 Å². The molecule has 2 aromatic heterocycles. The molecule has 0 fully saturated rings. The van der Waals surface area contributed by atoms with Gasteiger partial charge < -0.3 is 5.11 Å². The fourth-order valence-corrected chi connectivity index (χ4v) is 3.78. The average Bonchev–Trinajstić information content (AvgIpc) is 3.10. The Balaban J connectivity index is 1.75. The van der Waals surface area contributed by atoms with Crippen LogP contribution in [0.5, 0.6) is 0 Å². The molecule has 134 valence electrons. The van der Waals surface area contributed by atoms with Gasteiger partial charge in [0.25, 0.3) is 5.56 Å². The fourth-order valence-electron chi connectivity index (χ4n) is 2.87. The van der Waals surface area contributed by atoms with Crippen LogP contribution in [0.3, 0.4) is 0 Å². The lowest BCUT2D eigenvalue weighted by atomic mass is 10.1. The summed E-state index contributed by atoms with van der Waals surface area (Å²) in [5.41, 5.74) is 2.27. The van der Waals surface area contributed by atoms with Crippen molar-refractivity contribution in [2.24, 2.45) is 0 Å². The Kier molecular flexibility index (Phi) is 4.29. The van der Waals surface area contributed by atoms with Crippen molar-refractivity contribution in [1.82, 2.24) is 9.55 Å². The lowest BCUT2D eigenvalue weighted by Crippen LogP contribution is -2.21. The molecule has 2 heterocycles. The van der Waals surface area contributed by atoms with Gasteiger partial charge in [-0.15, -0.1) is 11.3 Å². The molecule has 2 aromatic carbocycles. The Hall–Kier alpha value is -3.32. The summed E-state index contributed by atoms with van der Waals surface area (Å²) in [4.78, 5) is 28.9. The van der Waals surface area contributed by atoms with Gasteiger partial charge >= 0.3 is 5.97 Å². The molecule has 1 N–H and O–H groups in total. The van der Waals surface area contributed by atoms with E-state index in [1.807, 2.05) is 5.38 Å². The van der Waals surface area contributed by atoms with Gasteiger partial charge in [-0.2, -0.15) is 0 Å². The molecule has 0 spiro atoms. The molecule has 0 radical (unpaired) electrons. The van der Waals surface area contributed by atoms with Crippen molar-refractivity contribution in [3.8, 4) is 11.1 Å². The van der Waals surface area contributed by atoms with Crippen LogP contribution in [0.1, 0.15) is 15.9 Å². The van der Waals surface area contributed by atoms with Crippen LogP contribution >= 0.6 is 11.3 Å². The van der Waals surface area contributed by atoms with E-state index in [0.29, 0.717) is 10.2 Å². The Bertz CT molecular complexity index is 1190. The van der Waals surface area contributed by atoms with E-state index in [9.17, 15) is 14.0 Å². The number of hydrogen-bond acceptors (Lipinski definition) is 4. The van der Waals surface area contributed by atoms with E-state index >= 15 is 0 Å². The predicted molar refractivity (Wildman–Crippen MR) is 102 cm³/mol. The Labute approximate surface area is 157 Å². The summed E-state index contributed by atoms with van der Waals surface area (Å²) >= 11 is 1.36. The number of rotatable bonds is 4. The van der Waals surface area contributed by atoms with Crippen LogP contribution in [0.2, 0.25) is 0 Å². The molecule has 0 unspecified atom stereocenters. The topological polar surface area (TPSA) is 72.2 Å². The number of carboxylic acids is 1. The highest BCUT2D eigenvalue weighted by atomic mass is 32.1. The average molecular weight is 380 g/mol. The number of aromatic nitrogens is 2. The van der Waals surface area contributed by atoms with Crippen molar-refractivity contribution >= 4 is 27.5 Å². The molecule has 0 saturated carbocycles. The number of halogens is 1. The number of aromatic carboxylic acids is 1. The van der Waals surface area contributed by atoms with E-state index in [1.54, 1.807) is 24.3 Å². The number of fused-ring (bicyclic) bond motifs is 1. The standard InChI is InChI=1S/C20H13FN2O3S/c21-15-7-5-13(6-8-15)16-10-27-18-17(16)19(24)23(11-22-18)9-12-1-3-14(4-2-12)20(25)26/h1-8,10-11H,9H2,(H,25,26). The van der Waals surface area contributed by atoms with Crippen molar-refractivity contribution in [3.05, 3.63) is 87.5 Å². The molecule has 0 aliphatic heterocycles. The second-order valence-corrected chi connectivity index (χ2v) is 6.87. The highest BCUT2D eigenvalue weighted by Crippen LogP contribution is 2.30. The van der Waals surface area contributed by atoms with Crippen molar-refractivity contribution in [2.45, 2.75) is 6.54 Å². The van der Waals surface area contributed by atoms with Gasteiger partial charge in [0.15, 0.2) is 0 Å². The van der Waals surface area contributed by atoms with E-state index in [0.717, 1.165) is 16.7 Å². The largest absolute Gasteiger partial charge is 0.478 e. The minimum absolute atomic E-state index is 0.191. The third-order valence-electron chi connectivity index (χ3n) is 4.27. The minimum atomic E-state index is -0.996. The number of carbonyl (C=O) groups is 1. The maximum Gasteiger partial charge on any atom is 0.335 e. The van der Waals surface area contributed by atoms with Crippen LogP contribution in [-0.2, 0) is 6.54 Å². The molecule has 0 amide bonds. The zero-order chi connectivity index (χ0) is 19.0. The first-order valence-electron chi connectivity index (χ1n) is 8.08. The normalized spacial score (nSPS) is 11.0. The Morgan fingerprint density at radius 2 is 1.81 bits per heavy atom. The van der Waals surface area contributed by atoms with Crippen molar-refractivity contribution in [3.63, 3.8) is 0 Å². The molecule has 0 aliphatic rings. The first kappa shape index (κ1) is 17.1. The molecular weight excluding hydrogens is 367 g/mol. The third-order valence-corrected chi connectivity index (χ3v) is 5.16. The summed E-state index contributed by atoms with van der Waals surface area (Å²) in [6.45, 7) is 0.278.